The van der Waals surface area contributed by atoms with Crippen molar-refractivity contribution in [3.63, 3.8) is 0 Å². The van der Waals surface area contributed by atoms with Gasteiger partial charge in [-0.2, -0.15) is 0 Å². The Morgan fingerprint density at radius 1 is 0.790 bits per heavy atom. The summed E-state index contributed by atoms with van der Waals surface area (Å²) < 4.78 is 15.1. The smallest absolute Gasteiger partial charge is 0.407 e. The number of carbonyl (C=O) groups is 4. The number of H-pyrrole nitrogens is 2. The Hall–Kier alpha value is -6.74. The maximum Gasteiger partial charge on any atom is 0.407 e. The van der Waals surface area contributed by atoms with Crippen LogP contribution in [0.15, 0.2) is 91.1 Å². The molecule has 2 aromatic heterocycles. The van der Waals surface area contributed by atoms with Gasteiger partial charge in [0.2, 0.25) is 5.91 Å². The summed E-state index contributed by atoms with van der Waals surface area (Å²) in [6, 6.07) is 25.7. The SMILES string of the molecule is COC[C@H]1C[C@@H](c2ncc(-c3ccc(-c4ccc5c(ccc6nc([C@@H]7CCCN7C(=O)[C@H](NC(=O)OC)c7ccccc7)[nH]c65)c4)cc3)[nH]2)N(C(=O)[C@@H](NC(=O)OC)C(C)C)C1. The van der Waals surface area contributed by atoms with Crippen LogP contribution in [0.3, 0.4) is 0 Å². The van der Waals surface area contributed by atoms with Gasteiger partial charge in [0.25, 0.3) is 5.91 Å². The van der Waals surface area contributed by atoms with Crippen molar-refractivity contribution in [3.05, 3.63) is 108 Å². The molecule has 62 heavy (non-hydrogen) atoms. The van der Waals surface area contributed by atoms with E-state index in [1.807, 2.05) is 50.2 Å². The van der Waals surface area contributed by atoms with E-state index < -0.39 is 24.3 Å². The van der Waals surface area contributed by atoms with Gasteiger partial charge in [-0.3, -0.25) is 9.59 Å². The molecule has 0 saturated carbocycles. The fourth-order valence-corrected chi connectivity index (χ4v) is 8.91. The number of amides is 4. The van der Waals surface area contributed by atoms with Gasteiger partial charge in [0.1, 0.15) is 23.7 Å². The summed E-state index contributed by atoms with van der Waals surface area (Å²) in [5.41, 5.74) is 6.26. The Labute approximate surface area is 359 Å². The summed E-state index contributed by atoms with van der Waals surface area (Å²) in [6.07, 6.45) is 2.70. The molecular formula is C47H52N8O7. The highest BCUT2D eigenvalue weighted by Gasteiger charge is 2.42. The summed E-state index contributed by atoms with van der Waals surface area (Å²) in [5.74, 6) is 0.956. The summed E-state index contributed by atoms with van der Waals surface area (Å²) in [5, 5.41) is 7.51. The van der Waals surface area contributed by atoms with Crippen LogP contribution in [0, 0.1) is 11.8 Å². The van der Waals surface area contributed by atoms with Crippen LogP contribution in [0.25, 0.3) is 44.2 Å². The number of methoxy groups -OCH3 is 3. The standard InChI is InChI=1S/C47H52N8O7/c1-27(2)39(52-46(58)61-4)44(56)55-25-28(26-60-3)22-38(55)42-48-24-36(50-42)30-15-13-29(14-16-30)32-17-19-34-33(23-32)18-20-35-41(34)51-43(49-35)37-12-9-21-54(37)45(57)40(53-47(59)62-5)31-10-7-6-8-11-31/h6-8,10-11,13-20,23-24,27-28,37-40H,9,12,21-22,25-26H2,1-5H3,(H,48,50)(H,49,51)(H,52,58)(H,53,59)/t28-,37-,38-,39-,40+/m0/s1. The zero-order valence-electron chi connectivity index (χ0n) is 35.5. The molecule has 15 nitrogen and oxygen atoms in total. The topological polar surface area (TPSA) is 184 Å². The van der Waals surface area contributed by atoms with Crippen molar-refractivity contribution in [1.82, 2.24) is 40.4 Å². The molecule has 15 heteroatoms. The quantitative estimate of drug-likeness (QED) is 0.0972. The number of alkyl carbamates (subject to hydrolysis) is 2. The van der Waals surface area contributed by atoms with Crippen LogP contribution >= 0.6 is 0 Å². The van der Waals surface area contributed by atoms with Crippen LogP contribution in [-0.2, 0) is 23.8 Å². The van der Waals surface area contributed by atoms with Crippen molar-refractivity contribution < 1.29 is 33.4 Å². The average Bonchev–Trinajstić information content (AvgIpc) is 4.13. The highest BCUT2D eigenvalue weighted by molar-refractivity contribution is 6.05. The van der Waals surface area contributed by atoms with Crippen LogP contribution in [0.4, 0.5) is 9.59 Å². The highest BCUT2D eigenvalue weighted by Crippen LogP contribution is 2.38. The molecule has 2 saturated heterocycles. The predicted octanol–water partition coefficient (Wildman–Crippen LogP) is 7.45. The number of aromatic amines is 2. The number of nitrogens with one attached hydrogen (secondary N) is 4. The molecule has 0 aliphatic carbocycles. The molecule has 4 amide bonds. The molecule has 5 atom stereocenters. The van der Waals surface area contributed by atoms with Crippen LogP contribution < -0.4 is 10.6 Å². The first-order valence-corrected chi connectivity index (χ1v) is 21.0. The minimum Gasteiger partial charge on any atom is -0.453 e. The Morgan fingerprint density at radius 3 is 2.24 bits per heavy atom. The lowest BCUT2D eigenvalue weighted by atomic mass is 9.99. The van der Waals surface area contributed by atoms with Gasteiger partial charge in [0, 0.05) is 31.5 Å². The van der Waals surface area contributed by atoms with Gasteiger partial charge in [0.05, 0.1) is 55.8 Å². The number of likely N-dealkylation sites (tertiary alicyclic amines) is 2. The van der Waals surface area contributed by atoms with Crippen molar-refractivity contribution in [3.8, 4) is 22.4 Å². The van der Waals surface area contributed by atoms with Gasteiger partial charge >= 0.3 is 12.2 Å². The van der Waals surface area contributed by atoms with E-state index in [0.29, 0.717) is 43.3 Å². The third-order valence-corrected chi connectivity index (χ3v) is 12.1. The Balaban J connectivity index is 0.999. The zero-order chi connectivity index (χ0) is 43.5. The lowest BCUT2D eigenvalue weighted by Gasteiger charge is -2.30. The van der Waals surface area contributed by atoms with E-state index in [2.05, 4.69) is 69.1 Å². The number of aromatic nitrogens is 4. The molecule has 0 spiro atoms. The molecule has 4 aromatic carbocycles. The first-order valence-electron chi connectivity index (χ1n) is 21.0. The number of nitrogens with zero attached hydrogens (tertiary/aromatic N) is 4. The molecule has 2 aliphatic rings. The van der Waals surface area contributed by atoms with Gasteiger partial charge in [0.15, 0.2) is 0 Å². The molecule has 4 N–H and O–H groups in total. The molecule has 6 aromatic rings. The number of ether oxygens (including phenoxy) is 3. The molecule has 0 bridgehead atoms. The summed E-state index contributed by atoms with van der Waals surface area (Å²) in [6.45, 7) is 5.32. The lowest BCUT2D eigenvalue weighted by molar-refractivity contribution is -0.136. The van der Waals surface area contributed by atoms with Crippen LogP contribution in [0.2, 0.25) is 0 Å². The summed E-state index contributed by atoms with van der Waals surface area (Å²) in [7, 11) is 4.22. The van der Waals surface area contributed by atoms with E-state index in [-0.39, 0.29) is 35.7 Å². The lowest BCUT2D eigenvalue weighted by Crippen LogP contribution is -2.51. The minimum absolute atomic E-state index is 0.117. The monoisotopic (exact) mass is 840 g/mol. The van der Waals surface area contributed by atoms with Crippen molar-refractivity contribution in [2.75, 3.05) is 41.0 Å². The number of benzene rings is 4. The van der Waals surface area contributed by atoms with E-state index in [1.54, 1.807) is 23.1 Å². The molecular weight excluding hydrogens is 789 g/mol. The fourth-order valence-electron chi connectivity index (χ4n) is 8.91. The zero-order valence-corrected chi connectivity index (χ0v) is 35.5. The minimum atomic E-state index is -0.893. The van der Waals surface area contributed by atoms with Crippen LogP contribution in [0.1, 0.15) is 68.4 Å². The summed E-state index contributed by atoms with van der Waals surface area (Å²) in [4.78, 5) is 72.7. The number of hydrogen-bond acceptors (Lipinski definition) is 9. The summed E-state index contributed by atoms with van der Waals surface area (Å²) >= 11 is 0. The van der Waals surface area contributed by atoms with E-state index in [9.17, 15) is 19.2 Å². The second-order valence-electron chi connectivity index (χ2n) is 16.4. The largest absolute Gasteiger partial charge is 0.453 e. The first-order chi connectivity index (χ1) is 30.1. The number of rotatable bonds is 12. The second-order valence-corrected chi connectivity index (χ2v) is 16.4. The molecule has 0 radical (unpaired) electrons. The molecule has 322 valence electrons. The molecule has 4 heterocycles. The van der Waals surface area contributed by atoms with Crippen molar-refractivity contribution in [2.45, 2.75) is 57.3 Å². The maximum atomic E-state index is 14.1. The third kappa shape index (κ3) is 8.44. The highest BCUT2D eigenvalue weighted by atomic mass is 16.5. The molecule has 2 fully saturated rings. The molecule has 2 aliphatic heterocycles. The van der Waals surface area contributed by atoms with E-state index >= 15 is 0 Å². The molecule has 8 rings (SSSR count). The van der Waals surface area contributed by atoms with Gasteiger partial charge in [-0.05, 0) is 65.0 Å². The Morgan fingerprint density at radius 2 is 1.52 bits per heavy atom. The van der Waals surface area contributed by atoms with E-state index in [4.69, 9.17) is 24.2 Å². The van der Waals surface area contributed by atoms with Crippen LogP contribution in [0.5, 0.6) is 0 Å². The number of fused-ring (bicyclic) bond motifs is 3. The Bertz CT molecular complexity index is 2570. The predicted molar refractivity (Wildman–Crippen MR) is 234 cm³/mol. The Kier molecular flexibility index (Phi) is 12.2. The normalized spacial score (nSPS) is 18.6. The fraction of sp³-hybridized carbons (Fsp3) is 0.362. The van der Waals surface area contributed by atoms with Gasteiger partial charge in [-0.25, -0.2) is 19.6 Å². The van der Waals surface area contributed by atoms with E-state index in [1.165, 1.54) is 14.2 Å². The number of carbonyl (C=O) groups excluding carboxylic acids is 4. The van der Waals surface area contributed by atoms with Crippen molar-refractivity contribution in [2.24, 2.45) is 11.8 Å². The first kappa shape index (κ1) is 42.0. The van der Waals surface area contributed by atoms with Gasteiger partial charge in [-0.15, -0.1) is 0 Å². The van der Waals surface area contributed by atoms with Crippen molar-refractivity contribution in [1.29, 1.82) is 0 Å². The maximum absolute atomic E-state index is 14.1. The average molecular weight is 841 g/mol. The van der Waals surface area contributed by atoms with E-state index in [0.717, 1.165) is 57.0 Å². The van der Waals surface area contributed by atoms with Crippen LogP contribution in [-0.4, -0.2) is 101 Å². The number of hydrogen-bond donors (Lipinski definition) is 4. The van der Waals surface area contributed by atoms with Gasteiger partial charge in [-0.1, -0.05) is 86.6 Å². The van der Waals surface area contributed by atoms with Gasteiger partial charge < -0.3 is 44.6 Å². The van der Waals surface area contributed by atoms with Crippen molar-refractivity contribution >= 4 is 45.8 Å². The third-order valence-electron chi connectivity index (χ3n) is 12.1. The number of imidazole rings is 2. The second kappa shape index (κ2) is 18.1. The molecule has 0 unspecified atom stereocenters.